The molecule has 4 nitrogen and oxygen atoms in total. The van der Waals surface area contributed by atoms with Crippen molar-refractivity contribution < 1.29 is 13.5 Å². The van der Waals surface area contributed by atoms with Gasteiger partial charge in [-0.3, -0.25) is 0 Å². The van der Waals surface area contributed by atoms with E-state index in [9.17, 15) is 8.78 Å². The summed E-state index contributed by atoms with van der Waals surface area (Å²) in [4.78, 5) is 3.60. The zero-order valence-electron chi connectivity index (χ0n) is 7.63. The molecule has 0 aromatic carbocycles. The summed E-state index contributed by atoms with van der Waals surface area (Å²) >= 11 is 0. The number of nitrogen functional groups attached to an aromatic ring is 1. The van der Waals surface area contributed by atoms with Crippen molar-refractivity contribution in [3.63, 3.8) is 0 Å². The average Bonchev–Trinajstić information content (AvgIpc) is 2.16. The molecule has 4 N–H and O–H groups in total. The number of ether oxygens (including phenoxy) is 1. The molecule has 1 heterocycles. The monoisotopic (exact) mass is 203 g/mol. The lowest BCUT2D eigenvalue weighted by Gasteiger charge is -2.12. The van der Waals surface area contributed by atoms with Crippen LogP contribution in [0, 0.1) is 0 Å². The highest BCUT2D eigenvalue weighted by Gasteiger charge is 2.18. The fourth-order valence-corrected chi connectivity index (χ4v) is 1.19. The predicted molar refractivity (Wildman–Crippen MR) is 48.0 cm³/mol. The predicted octanol–water partition coefficient (Wildman–Crippen LogP) is 1.07. The standard InChI is InChI=1S/C8H11F2N3O/c1-14-6-4(2-11)5(7(9)10)3-13-8(6)12/h3,7H,2,11H2,1H3,(H2,12,13). The number of pyridine rings is 1. The van der Waals surface area contributed by atoms with Gasteiger partial charge in [-0.2, -0.15) is 0 Å². The van der Waals surface area contributed by atoms with Crippen molar-refractivity contribution in [2.24, 2.45) is 5.73 Å². The molecular weight excluding hydrogens is 192 g/mol. The molecule has 0 aliphatic rings. The minimum Gasteiger partial charge on any atom is -0.493 e. The quantitative estimate of drug-likeness (QED) is 0.770. The van der Waals surface area contributed by atoms with Gasteiger partial charge in [0.25, 0.3) is 6.43 Å². The van der Waals surface area contributed by atoms with Gasteiger partial charge in [0.15, 0.2) is 11.6 Å². The zero-order valence-corrected chi connectivity index (χ0v) is 7.63. The summed E-state index contributed by atoms with van der Waals surface area (Å²) in [5, 5.41) is 0. The summed E-state index contributed by atoms with van der Waals surface area (Å²) in [6, 6.07) is 0. The molecule has 0 bridgehead atoms. The third-order valence-corrected chi connectivity index (χ3v) is 1.84. The molecule has 0 amide bonds. The van der Waals surface area contributed by atoms with Gasteiger partial charge in [0.1, 0.15) is 0 Å². The SMILES string of the molecule is COc1c(N)ncc(C(F)F)c1CN. The number of alkyl halides is 2. The molecule has 1 aromatic heterocycles. The van der Waals surface area contributed by atoms with Crippen molar-refractivity contribution >= 4 is 5.82 Å². The Labute approximate surface area is 79.9 Å². The van der Waals surface area contributed by atoms with Gasteiger partial charge in [-0.05, 0) is 0 Å². The number of anilines is 1. The van der Waals surface area contributed by atoms with E-state index in [1.807, 2.05) is 0 Å². The molecule has 0 saturated carbocycles. The van der Waals surface area contributed by atoms with E-state index in [0.717, 1.165) is 6.20 Å². The van der Waals surface area contributed by atoms with Crippen LogP contribution in [0.3, 0.4) is 0 Å². The van der Waals surface area contributed by atoms with Crippen LogP contribution in [0.1, 0.15) is 17.6 Å². The van der Waals surface area contributed by atoms with Crippen LogP contribution in [0.15, 0.2) is 6.20 Å². The van der Waals surface area contributed by atoms with Crippen LogP contribution in [0.2, 0.25) is 0 Å². The molecule has 0 radical (unpaired) electrons. The maximum atomic E-state index is 12.5. The van der Waals surface area contributed by atoms with Crippen LogP contribution >= 0.6 is 0 Å². The first kappa shape index (κ1) is 10.6. The molecule has 0 aliphatic carbocycles. The highest BCUT2D eigenvalue weighted by molar-refractivity contribution is 5.54. The molecule has 0 spiro atoms. The van der Waals surface area contributed by atoms with Gasteiger partial charge in [0.05, 0.1) is 7.11 Å². The number of hydrogen-bond donors (Lipinski definition) is 2. The Morgan fingerprint density at radius 1 is 1.57 bits per heavy atom. The summed E-state index contributed by atoms with van der Waals surface area (Å²) in [6.45, 7) is -0.0600. The van der Waals surface area contributed by atoms with Gasteiger partial charge >= 0.3 is 0 Å². The first-order valence-electron chi connectivity index (χ1n) is 3.91. The van der Waals surface area contributed by atoms with Crippen LogP contribution in [0.5, 0.6) is 5.75 Å². The van der Waals surface area contributed by atoms with Crippen LogP contribution in [0.25, 0.3) is 0 Å². The lowest BCUT2D eigenvalue weighted by atomic mass is 10.1. The van der Waals surface area contributed by atoms with Crippen LogP contribution in [-0.2, 0) is 6.54 Å². The van der Waals surface area contributed by atoms with Crippen LogP contribution in [-0.4, -0.2) is 12.1 Å². The number of rotatable bonds is 3. The number of hydrogen-bond acceptors (Lipinski definition) is 4. The number of aromatic nitrogens is 1. The van der Waals surface area contributed by atoms with E-state index >= 15 is 0 Å². The molecular formula is C8H11F2N3O. The van der Waals surface area contributed by atoms with Gasteiger partial charge in [-0.25, -0.2) is 13.8 Å². The van der Waals surface area contributed by atoms with Gasteiger partial charge < -0.3 is 16.2 Å². The Morgan fingerprint density at radius 3 is 2.64 bits per heavy atom. The Balaban J connectivity index is 3.33. The molecule has 1 rings (SSSR count). The average molecular weight is 203 g/mol. The van der Waals surface area contributed by atoms with E-state index in [1.165, 1.54) is 7.11 Å². The zero-order chi connectivity index (χ0) is 10.7. The van der Waals surface area contributed by atoms with Crippen LogP contribution in [0.4, 0.5) is 14.6 Å². The highest BCUT2D eigenvalue weighted by Crippen LogP contribution is 2.32. The minimum atomic E-state index is -2.63. The summed E-state index contributed by atoms with van der Waals surface area (Å²) in [5.41, 5.74) is 10.7. The Hall–Kier alpha value is -1.43. The second-order valence-corrected chi connectivity index (χ2v) is 2.62. The molecule has 0 atom stereocenters. The Morgan fingerprint density at radius 2 is 2.21 bits per heavy atom. The van der Waals surface area contributed by atoms with E-state index < -0.39 is 6.43 Å². The molecule has 14 heavy (non-hydrogen) atoms. The van der Waals surface area contributed by atoms with Crippen molar-refractivity contribution in [3.8, 4) is 5.75 Å². The van der Waals surface area contributed by atoms with Crippen molar-refractivity contribution in [1.29, 1.82) is 0 Å². The van der Waals surface area contributed by atoms with E-state index in [1.54, 1.807) is 0 Å². The first-order valence-corrected chi connectivity index (χ1v) is 3.91. The highest BCUT2D eigenvalue weighted by atomic mass is 19.3. The molecule has 0 unspecified atom stereocenters. The van der Waals surface area contributed by atoms with Crippen LogP contribution < -0.4 is 16.2 Å². The van der Waals surface area contributed by atoms with Gasteiger partial charge in [-0.15, -0.1) is 0 Å². The lowest BCUT2D eigenvalue weighted by Crippen LogP contribution is -2.08. The first-order chi connectivity index (χ1) is 6.61. The Kier molecular flexibility index (Phi) is 3.19. The van der Waals surface area contributed by atoms with Gasteiger partial charge in [0, 0.05) is 23.9 Å². The minimum absolute atomic E-state index is 0.0600. The largest absolute Gasteiger partial charge is 0.493 e. The Bertz CT molecular complexity index is 331. The second kappa shape index (κ2) is 4.19. The third-order valence-electron chi connectivity index (χ3n) is 1.84. The number of nitrogens with zero attached hydrogens (tertiary/aromatic N) is 1. The maximum Gasteiger partial charge on any atom is 0.265 e. The summed E-state index contributed by atoms with van der Waals surface area (Å²) in [5.74, 6) is 0.197. The van der Waals surface area contributed by atoms with Gasteiger partial charge in [-0.1, -0.05) is 0 Å². The maximum absolute atomic E-state index is 12.5. The number of nitrogens with two attached hydrogens (primary N) is 2. The molecule has 78 valence electrons. The molecule has 6 heteroatoms. The number of halogens is 2. The molecule has 0 saturated heterocycles. The molecule has 1 aromatic rings. The van der Waals surface area contributed by atoms with E-state index in [4.69, 9.17) is 16.2 Å². The van der Waals surface area contributed by atoms with Crippen molar-refractivity contribution in [2.75, 3.05) is 12.8 Å². The lowest BCUT2D eigenvalue weighted by molar-refractivity contribution is 0.149. The van der Waals surface area contributed by atoms with E-state index in [0.29, 0.717) is 0 Å². The fourth-order valence-electron chi connectivity index (χ4n) is 1.19. The van der Waals surface area contributed by atoms with Gasteiger partial charge in [0.2, 0.25) is 0 Å². The van der Waals surface area contributed by atoms with Crippen molar-refractivity contribution in [3.05, 3.63) is 17.3 Å². The van der Waals surface area contributed by atoms with E-state index in [2.05, 4.69) is 4.98 Å². The topological polar surface area (TPSA) is 74.2 Å². The summed E-state index contributed by atoms with van der Waals surface area (Å²) in [7, 11) is 1.34. The normalized spacial score (nSPS) is 10.6. The fraction of sp³-hybridized carbons (Fsp3) is 0.375. The third kappa shape index (κ3) is 1.74. The summed E-state index contributed by atoms with van der Waals surface area (Å²) in [6.07, 6.45) is -1.61. The summed E-state index contributed by atoms with van der Waals surface area (Å²) < 4.78 is 29.8. The van der Waals surface area contributed by atoms with E-state index in [-0.39, 0.29) is 29.2 Å². The molecule has 0 fully saturated rings. The van der Waals surface area contributed by atoms with Crippen molar-refractivity contribution in [2.45, 2.75) is 13.0 Å². The molecule has 0 aliphatic heterocycles. The number of methoxy groups -OCH3 is 1. The van der Waals surface area contributed by atoms with Crippen molar-refractivity contribution in [1.82, 2.24) is 4.98 Å². The second-order valence-electron chi connectivity index (χ2n) is 2.62. The smallest absolute Gasteiger partial charge is 0.265 e.